The number of amides is 1. The number of nitrogens with zero attached hydrogens (tertiary/aromatic N) is 1. The SMILES string of the molecule is O=C(Oc1ccc2c(c1)OCO2)[C@H]1CC(=O)N(c2ccc3c(c2)OCCO3)C1. The Hall–Kier alpha value is -3.42. The van der Waals surface area contributed by atoms with E-state index in [1.807, 2.05) is 0 Å². The quantitative estimate of drug-likeness (QED) is 0.593. The third kappa shape index (κ3) is 2.96. The van der Waals surface area contributed by atoms with E-state index in [2.05, 4.69) is 0 Å². The van der Waals surface area contributed by atoms with E-state index < -0.39 is 11.9 Å². The molecule has 144 valence electrons. The van der Waals surface area contributed by atoms with Crippen LogP contribution in [0.5, 0.6) is 28.7 Å². The standard InChI is InChI=1S/C20H17NO7/c22-19-7-12(20(23)28-14-2-4-16-18(9-14)27-11-26-16)10-21(19)13-1-3-15-17(8-13)25-6-5-24-15/h1-4,8-9,12H,5-7,10-11H2/t12-/m0/s1. The van der Waals surface area contributed by atoms with Crippen LogP contribution in [-0.2, 0) is 9.59 Å². The van der Waals surface area contributed by atoms with Gasteiger partial charge in [0, 0.05) is 30.8 Å². The monoisotopic (exact) mass is 383 g/mol. The lowest BCUT2D eigenvalue weighted by Gasteiger charge is -2.22. The highest BCUT2D eigenvalue weighted by atomic mass is 16.7. The van der Waals surface area contributed by atoms with Gasteiger partial charge in [0.25, 0.3) is 0 Å². The molecule has 0 unspecified atom stereocenters. The zero-order valence-corrected chi connectivity index (χ0v) is 14.9. The molecule has 0 spiro atoms. The van der Waals surface area contributed by atoms with Crippen LogP contribution in [0, 0.1) is 5.92 Å². The van der Waals surface area contributed by atoms with Crippen molar-refractivity contribution in [2.75, 3.05) is 31.5 Å². The predicted octanol–water partition coefficient (Wildman–Crippen LogP) is 2.14. The molecule has 8 heteroatoms. The summed E-state index contributed by atoms with van der Waals surface area (Å²) in [5.41, 5.74) is 0.674. The molecule has 0 aromatic heterocycles. The zero-order valence-electron chi connectivity index (χ0n) is 14.9. The predicted molar refractivity (Wildman–Crippen MR) is 96.1 cm³/mol. The smallest absolute Gasteiger partial charge is 0.316 e. The molecule has 3 heterocycles. The van der Waals surface area contributed by atoms with E-state index in [1.54, 1.807) is 41.3 Å². The van der Waals surface area contributed by atoms with Gasteiger partial charge >= 0.3 is 5.97 Å². The first-order valence-electron chi connectivity index (χ1n) is 8.99. The minimum atomic E-state index is -0.550. The maximum Gasteiger partial charge on any atom is 0.316 e. The van der Waals surface area contributed by atoms with Crippen molar-refractivity contribution in [2.45, 2.75) is 6.42 Å². The number of fused-ring (bicyclic) bond motifs is 2. The van der Waals surface area contributed by atoms with E-state index in [-0.39, 0.29) is 25.7 Å². The Balaban J connectivity index is 1.29. The summed E-state index contributed by atoms with van der Waals surface area (Å²) < 4.78 is 27.1. The van der Waals surface area contributed by atoms with Crippen molar-refractivity contribution in [2.24, 2.45) is 5.92 Å². The fraction of sp³-hybridized carbons (Fsp3) is 0.300. The Bertz CT molecular complexity index is 958. The molecule has 8 nitrogen and oxygen atoms in total. The molecule has 5 rings (SSSR count). The molecule has 0 N–H and O–H groups in total. The van der Waals surface area contributed by atoms with Crippen LogP contribution in [0.3, 0.4) is 0 Å². The van der Waals surface area contributed by atoms with Crippen LogP contribution in [-0.4, -0.2) is 38.4 Å². The van der Waals surface area contributed by atoms with Gasteiger partial charge in [-0.2, -0.15) is 0 Å². The number of carbonyl (C=O) groups is 2. The van der Waals surface area contributed by atoms with Crippen LogP contribution < -0.4 is 28.6 Å². The Labute approximate surface area is 160 Å². The van der Waals surface area contributed by atoms with Crippen molar-refractivity contribution in [3.8, 4) is 28.7 Å². The number of anilines is 1. The van der Waals surface area contributed by atoms with Crippen molar-refractivity contribution >= 4 is 17.6 Å². The topological polar surface area (TPSA) is 83.5 Å². The van der Waals surface area contributed by atoms with Gasteiger partial charge in [0.05, 0.1) is 5.92 Å². The number of carbonyl (C=O) groups excluding carboxylic acids is 2. The highest BCUT2D eigenvalue weighted by molar-refractivity contribution is 6.00. The molecule has 28 heavy (non-hydrogen) atoms. The van der Waals surface area contributed by atoms with Crippen LogP contribution in [0.25, 0.3) is 0 Å². The molecule has 1 fully saturated rings. The summed E-state index contributed by atoms with van der Waals surface area (Å²) in [4.78, 5) is 26.6. The summed E-state index contributed by atoms with van der Waals surface area (Å²) in [5.74, 6) is 1.62. The van der Waals surface area contributed by atoms with Crippen LogP contribution in [0.2, 0.25) is 0 Å². The molecular formula is C20H17NO7. The second-order valence-electron chi connectivity index (χ2n) is 6.67. The lowest BCUT2D eigenvalue weighted by atomic mass is 10.1. The van der Waals surface area contributed by atoms with Crippen LogP contribution >= 0.6 is 0 Å². The van der Waals surface area contributed by atoms with Gasteiger partial charge < -0.3 is 28.6 Å². The first-order chi connectivity index (χ1) is 13.7. The number of hydrogen-bond acceptors (Lipinski definition) is 7. The van der Waals surface area contributed by atoms with E-state index >= 15 is 0 Å². The maximum absolute atomic E-state index is 12.6. The molecule has 2 aromatic carbocycles. The van der Waals surface area contributed by atoms with Crippen LogP contribution in [0.15, 0.2) is 36.4 Å². The summed E-state index contributed by atoms with van der Waals surface area (Å²) in [5, 5.41) is 0. The molecule has 3 aliphatic heterocycles. The number of rotatable bonds is 3. The molecule has 0 bridgehead atoms. The van der Waals surface area contributed by atoms with Gasteiger partial charge in [-0.25, -0.2) is 0 Å². The molecule has 0 radical (unpaired) electrons. The van der Waals surface area contributed by atoms with Crippen LogP contribution in [0.1, 0.15) is 6.42 Å². The normalized spacial score (nSPS) is 19.6. The highest BCUT2D eigenvalue weighted by Crippen LogP contribution is 2.37. The average Bonchev–Trinajstić information content (AvgIpc) is 3.33. The fourth-order valence-corrected chi connectivity index (χ4v) is 3.45. The maximum atomic E-state index is 12.6. The van der Waals surface area contributed by atoms with E-state index in [4.69, 9.17) is 23.7 Å². The van der Waals surface area contributed by atoms with E-state index in [0.29, 0.717) is 47.6 Å². The molecule has 1 amide bonds. The van der Waals surface area contributed by atoms with Crippen molar-refractivity contribution in [1.29, 1.82) is 0 Å². The summed E-state index contributed by atoms with van der Waals surface area (Å²) >= 11 is 0. The average molecular weight is 383 g/mol. The van der Waals surface area contributed by atoms with Crippen molar-refractivity contribution < 1.29 is 33.3 Å². The summed E-state index contributed by atoms with van der Waals surface area (Å²) in [7, 11) is 0. The van der Waals surface area contributed by atoms with Gasteiger partial charge in [0.15, 0.2) is 23.0 Å². The minimum absolute atomic E-state index is 0.0951. The lowest BCUT2D eigenvalue weighted by Crippen LogP contribution is -2.27. The first-order valence-corrected chi connectivity index (χ1v) is 8.99. The summed E-state index contributed by atoms with van der Waals surface area (Å²) in [6.07, 6.45) is 0.0951. The first kappa shape index (κ1) is 16.7. The van der Waals surface area contributed by atoms with Crippen molar-refractivity contribution in [1.82, 2.24) is 0 Å². The van der Waals surface area contributed by atoms with E-state index in [0.717, 1.165) is 0 Å². The molecule has 0 saturated carbocycles. The third-order valence-electron chi connectivity index (χ3n) is 4.86. The second-order valence-corrected chi connectivity index (χ2v) is 6.67. The van der Waals surface area contributed by atoms with Gasteiger partial charge in [-0.05, 0) is 24.3 Å². The zero-order chi connectivity index (χ0) is 19.1. The van der Waals surface area contributed by atoms with Crippen molar-refractivity contribution in [3.05, 3.63) is 36.4 Å². The van der Waals surface area contributed by atoms with E-state index in [1.165, 1.54) is 0 Å². The van der Waals surface area contributed by atoms with Gasteiger partial charge in [-0.3, -0.25) is 9.59 Å². The number of benzene rings is 2. The van der Waals surface area contributed by atoms with Gasteiger partial charge in [0.1, 0.15) is 19.0 Å². The summed E-state index contributed by atoms with van der Waals surface area (Å²) in [6.45, 7) is 1.37. The molecule has 2 aromatic rings. The Morgan fingerprint density at radius 2 is 1.64 bits per heavy atom. The lowest BCUT2D eigenvalue weighted by molar-refractivity contribution is -0.139. The van der Waals surface area contributed by atoms with Crippen LogP contribution in [0.4, 0.5) is 5.69 Å². The Morgan fingerprint density at radius 3 is 2.54 bits per heavy atom. The van der Waals surface area contributed by atoms with Gasteiger partial charge in [-0.15, -0.1) is 0 Å². The molecular weight excluding hydrogens is 366 g/mol. The van der Waals surface area contributed by atoms with Gasteiger partial charge in [-0.1, -0.05) is 0 Å². The Kier molecular flexibility index (Phi) is 3.96. The second kappa shape index (κ2) is 6.63. The number of hydrogen-bond donors (Lipinski definition) is 0. The molecule has 1 saturated heterocycles. The number of ether oxygens (including phenoxy) is 5. The summed E-state index contributed by atoms with van der Waals surface area (Å²) in [6, 6.07) is 10.3. The molecule has 3 aliphatic rings. The minimum Gasteiger partial charge on any atom is -0.486 e. The fourth-order valence-electron chi connectivity index (χ4n) is 3.45. The van der Waals surface area contributed by atoms with Gasteiger partial charge in [0.2, 0.25) is 12.7 Å². The molecule has 0 aliphatic carbocycles. The number of esters is 1. The molecule has 1 atom stereocenters. The highest BCUT2D eigenvalue weighted by Gasteiger charge is 2.37. The largest absolute Gasteiger partial charge is 0.486 e. The van der Waals surface area contributed by atoms with Crippen molar-refractivity contribution in [3.63, 3.8) is 0 Å². The third-order valence-corrected chi connectivity index (χ3v) is 4.86. The Morgan fingerprint density at radius 1 is 0.929 bits per heavy atom. The van der Waals surface area contributed by atoms with E-state index in [9.17, 15) is 9.59 Å².